The number of H-pyrrole nitrogens is 1. The van der Waals surface area contributed by atoms with Gasteiger partial charge < -0.3 is 9.72 Å². The van der Waals surface area contributed by atoms with Crippen LogP contribution in [0.3, 0.4) is 0 Å². The van der Waals surface area contributed by atoms with Crippen molar-refractivity contribution in [2.24, 2.45) is 0 Å². The molecule has 19 heavy (non-hydrogen) atoms. The highest BCUT2D eigenvalue weighted by molar-refractivity contribution is 7.10. The zero-order valence-electron chi connectivity index (χ0n) is 11.2. The Morgan fingerprint density at radius 1 is 1.47 bits per heavy atom. The van der Waals surface area contributed by atoms with E-state index in [2.05, 4.69) is 15.3 Å². The molecule has 2 heterocycles. The highest BCUT2D eigenvalue weighted by atomic mass is 32.1. The minimum Gasteiger partial charge on any atom is -0.465 e. The average molecular weight is 276 g/mol. The van der Waals surface area contributed by atoms with Gasteiger partial charge in [-0.25, -0.2) is 9.78 Å². The molecule has 0 spiro atoms. The molecule has 3 rings (SSSR count). The smallest absolute Gasteiger partial charge is 0.339 e. The fourth-order valence-corrected chi connectivity index (χ4v) is 3.32. The predicted octanol–water partition coefficient (Wildman–Crippen LogP) is 3.42. The summed E-state index contributed by atoms with van der Waals surface area (Å²) in [6.07, 6.45) is 2.51. The summed E-state index contributed by atoms with van der Waals surface area (Å²) in [6, 6.07) is 0. The molecule has 0 saturated heterocycles. The quantitative estimate of drug-likeness (QED) is 0.874. The average Bonchev–Trinajstić information content (AvgIpc) is 3.06. The Morgan fingerprint density at radius 2 is 2.21 bits per heavy atom. The normalized spacial score (nSPS) is 14.7. The Hall–Kier alpha value is -1.62. The van der Waals surface area contributed by atoms with Crippen LogP contribution in [0.2, 0.25) is 0 Å². The molecule has 4 nitrogen and oxygen atoms in total. The molecule has 1 N–H and O–H groups in total. The minimum atomic E-state index is -0.296. The number of hydrogen-bond donors (Lipinski definition) is 1. The lowest BCUT2D eigenvalue weighted by atomic mass is 10.1. The maximum absolute atomic E-state index is 11.8. The molecule has 0 aliphatic heterocycles. The number of esters is 1. The summed E-state index contributed by atoms with van der Waals surface area (Å²) in [5.41, 5.74) is 4.24. The van der Waals surface area contributed by atoms with Gasteiger partial charge in [-0.1, -0.05) is 0 Å². The molecule has 1 aliphatic carbocycles. The van der Waals surface area contributed by atoms with Crippen molar-refractivity contribution in [3.05, 3.63) is 27.2 Å². The number of aryl methyl sites for hydroxylation is 1. The lowest BCUT2D eigenvalue weighted by molar-refractivity contribution is 0.0599. The highest BCUT2D eigenvalue weighted by Gasteiger charge is 2.28. The molecule has 0 unspecified atom stereocenters. The second-order valence-corrected chi connectivity index (χ2v) is 5.85. The summed E-state index contributed by atoms with van der Waals surface area (Å²) in [6.45, 7) is 3.82. The third-order valence-electron chi connectivity index (χ3n) is 3.53. The Bertz CT molecular complexity index is 638. The van der Waals surface area contributed by atoms with Crippen LogP contribution in [0.15, 0.2) is 5.38 Å². The van der Waals surface area contributed by atoms with Gasteiger partial charge in [-0.3, -0.25) is 0 Å². The topological polar surface area (TPSA) is 55.0 Å². The van der Waals surface area contributed by atoms with E-state index in [0.29, 0.717) is 11.5 Å². The van der Waals surface area contributed by atoms with E-state index in [-0.39, 0.29) is 5.97 Å². The molecule has 1 fully saturated rings. The van der Waals surface area contributed by atoms with E-state index in [0.717, 1.165) is 22.6 Å². The lowest BCUT2D eigenvalue weighted by Crippen LogP contribution is -2.03. The number of hydrogen-bond acceptors (Lipinski definition) is 4. The van der Waals surface area contributed by atoms with Crippen LogP contribution in [-0.2, 0) is 4.74 Å². The number of aromatic nitrogens is 2. The van der Waals surface area contributed by atoms with Crippen molar-refractivity contribution in [2.75, 3.05) is 7.11 Å². The number of rotatable bonds is 3. The Kier molecular flexibility index (Phi) is 2.93. The maximum Gasteiger partial charge on any atom is 0.339 e. The first-order valence-electron chi connectivity index (χ1n) is 6.35. The lowest BCUT2D eigenvalue weighted by Gasteiger charge is -1.99. The number of nitrogens with one attached hydrogen (secondary N) is 1. The van der Waals surface area contributed by atoms with Gasteiger partial charge in [0, 0.05) is 17.0 Å². The zero-order valence-corrected chi connectivity index (χ0v) is 12.1. The number of ether oxygens (including phenoxy) is 1. The maximum atomic E-state index is 11.8. The zero-order chi connectivity index (χ0) is 13.6. The van der Waals surface area contributed by atoms with E-state index in [1.165, 1.54) is 25.0 Å². The molecule has 0 amide bonds. The van der Waals surface area contributed by atoms with E-state index in [1.807, 2.05) is 13.8 Å². The third-order valence-corrected chi connectivity index (χ3v) is 4.54. The van der Waals surface area contributed by atoms with E-state index >= 15 is 0 Å². The number of methoxy groups -OCH3 is 1. The van der Waals surface area contributed by atoms with E-state index in [9.17, 15) is 4.79 Å². The SMILES string of the molecule is COC(=O)c1c(C)[nH]c(-c2csc(C3CC3)n2)c1C. The van der Waals surface area contributed by atoms with Crippen molar-refractivity contribution in [2.45, 2.75) is 32.6 Å². The molecule has 100 valence electrons. The van der Waals surface area contributed by atoms with Crippen molar-refractivity contribution in [1.29, 1.82) is 0 Å². The molecule has 0 radical (unpaired) electrons. The van der Waals surface area contributed by atoms with Crippen molar-refractivity contribution >= 4 is 17.3 Å². The number of thiazole rings is 1. The van der Waals surface area contributed by atoms with Crippen LogP contribution in [0, 0.1) is 13.8 Å². The third kappa shape index (κ3) is 2.08. The number of aromatic amines is 1. The molecule has 2 aromatic rings. The van der Waals surface area contributed by atoms with Crippen molar-refractivity contribution in [3.63, 3.8) is 0 Å². The van der Waals surface area contributed by atoms with Gasteiger partial charge in [0.1, 0.15) is 0 Å². The van der Waals surface area contributed by atoms with Crippen LogP contribution >= 0.6 is 11.3 Å². The Labute approximate surface area is 115 Å². The van der Waals surface area contributed by atoms with Gasteiger partial charge in [0.25, 0.3) is 0 Å². The molecular weight excluding hydrogens is 260 g/mol. The second-order valence-electron chi connectivity index (χ2n) is 4.96. The summed E-state index contributed by atoms with van der Waals surface area (Å²) in [4.78, 5) is 19.7. The number of carbonyl (C=O) groups excluding carboxylic acids is 1. The predicted molar refractivity (Wildman–Crippen MR) is 74.7 cm³/mol. The second kappa shape index (κ2) is 4.49. The van der Waals surface area contributed by atoms with Gasteiger partial charge in [0.05, 0.1) is 29.1 Å². The molecule has 2 aromatic heterocycles. The molecule has 0 bridgehead atoms. The Morgan fingerprint density at radius 3 is 2.84 bits per heavy atom. The first kappa shape index (κ1) is 12.4. The van der Waals surface area contributed by atoms with E-state index in [1.54, 1.807) is 11.3 Å². The molecule has 1 aliphatic rings. The first-order valence-corrected chi connectivity index (χ1v) is 7.23. The van der Waals surface area contributed by atoms with Crippen LogP contribution in [0.5, 0.6) is 0 Å². The fourth-order valence-electron chi connectivity index (χ4n) is 2.33. The van der Waals surface area contributed by atoms with E-state index in [4.69, 9.17) is 4.74 Å². The van der Waals surface area contributed by atoms with Gasteiger partial charge in [-0.2, -0.15) is 0 Å². The van der Waals surface area contributed by atoms with Gasteiger partial charge in [-0.05, 0) is 32.3 Å². The fraction of sp³-hybridized carbons (Fsp3) is 0.429. The first-order chi connectivity index (χ1) is 9.11. The van der Waals surface area contributed by atoms with E-state index < -0.39 is 0 Å². The van der Waals surface area contributed by atoms with Gasteiger partial charge in [-0.15, -0.1) is 11.3 Å². The largest absolute Gasteiger partial charge is 0.465 e. The number of nitrogens with zero attached hydrogens (tertiary/aromatic N) is 1. The van der Waals surface area contributed by atoms with Crippen LogP contribution in [0.1, 0.15) is 45.4 Å². The summed E-state index contributed by atoms with van der Waals surface area (Å²) in [7, 11) is 1.40. The summed E-state index contributed by atoms with van der Waals surface area (Å²) >= 11 is 1.71. The van der Waals surface area contributed by atoms with Crippen molar-refractivity contribution in [3.8, 4) is 11.4 Å². The van der Waals surface area contributed by atoms with Crippen molar-refractivity contribution in [1.82, 2.24) is 9.97 Å². The molecule has 1 saturated carbocycles. The number of carbonyl (C=O) groups is 1. The van der Waals surface area contributed by atoms with Crippen molar-refractivity contribution < 1.29 is 9.53 Å². The molecule has 0 atom stereocenters. The standard InChI is InChI=1S/C14H16N2O2S/c1-7-11(14(17)18-3)8(2)15-12(7)10-6-19-13(16-10)9-4-5-9/h6,9,15H,4-5H2,1-3H3. The Balaban J connectivity index is 2.02. The minimum absolute atomic E-state index is 0.296. The van der Waals surface area contributed by atoms with Crippen LogP contribution in [-0.4, -0.2) is 23.0 Å². The van der Waals surface area contributed by atoms with Gasteiger partial charge >= 0.3 is 5.97 Å². The molecule has 0 aromatic carbocycles. The summed E-state index contributed by atoms with van der Waals surface area (Å²) in [5.74, 6) is 0.366. The van der Waals surface area contributed by atoms with Crippen LogP contribution < -0.4 is 0 Å². The highest BCUT2D eigenvalue weighted by Crippen LogP contribution is 2.42. The van der Waals surface area contributed by atoms with Gasteiger partial charge in [0.15, 0.2) is 0 Å². The monoisotopic (exact) mass is 276 g/mol. The van der Waals surface area contributed by atoms with Crippen LogP contribution in [0.25, 0.3) is 11.4 Å². The summed E-state index contributed by atoms with van der Waals surface area (Å²) in [5, 5.41) is 3.27. The summed E-state index contributed by atoms with van der Waals surface area (Å²) < 4.78 is 4.82. The van der Waals surface area contributed by atoms with Gasteiger partial charge in [0.2, 0.25) is 0 Å². The van der Waals surface area contributed by atoms with Crippen LogP contribution in [0.4, 0.5) is 0 Å². The molecule has 5 heteroatoms. The molecular formula is C14H16N2O2S.